The number of esters is 1. The molecule has 0 radical (unpaired) electrons. The first-order valence-corrected chi connectivity index (χ1v) is 7.36. The second-order valence-corrected chi connectivity index (χ2v) is 5.66. The van der Waals surface area contributed by atoms with Gasteiger partial charge in [0.05, 0.1) is 5.92 Å². The van der Waals surface area contributed by atoms with Crippen molar-refractivity contribution in [3.63, 3.8) is 0 Å². The molecule has 3 nitrogen and oxygen atoms in total. The monoisotopic (exact) mass is 263 g/mol. The molecule has 0 aromatic carbocycles. The molecule has 3 atom stereocenters. The van der Waals surface area contributed by atoms with E-state index in [0.29, 0.717) is 5.92 Å². The molecule has 1 saturated carbocycles. The van der Waals surface area contributed by atoms with Crippen LogP contribution in [0.25, 0.3) is 0 Å². The highest BCUT2D eigenvalue weighted by atomic mass is 16.6. The lowest BCUT2D eigenvalue weighted by molar-refractivity contribution is -0.149. The molecular formula is C16H25NO2. The molecule has 1 saturated heterocycles. The highest BCUT2D eigenvalue weighted by Crippen LogP contribution is 2.45. The van der Waals surface area contributed by atoms with Gasteiger partial charge >= 0.3 is 5.97 Å². The first-order chi connectivity index (χ1) is 9.17. The van der Waals surface area contributed by atoms with E-state index >= 15 is 0 Å². The third-order valence-electron chi connectivity index (χ3n) is 4.37. The molecule has 3 heteroatoms. The van der Waals surface area contributed by atoms with Crippen molar-refractivity contribution in [2.45, 2.75) is 45.1 Å². The minimum absolute atomic E-state index is 0.0145. The van der Waals surface area contributed by atoms with Crippen molar-refractivity contribution in [3.05, 3.63) is 24.4 Å². The van der Waals surface area contributed by atoms with Crippen LogP contribution < -0.4 is 0 Å². The summed E-state index contributed by atoms with van der Waals surface area (Å²) < 4.78 is 5.28. The molecule has 106 valence electrons. The van der Waals surface area contributed by atoms with Gasteiger partial charge in [0.1, 0.15) is 6.10 Å². The first-order valence-electron chi connectivity index (χ1n) is 7.36. The summed E-state index contributed by atoms with van der Waals surface area (Å²) in [6.45, 7) is 6.88. The van der Waals surface area contributed by atoms with Crippen LogP contribution >= 0.6 is 0 Å². The summed E-state index contributed by atoms with van der Waals surface area (Å²) in [6, 6.07) is 0. The normalized spacial score (nSPS) is 29.5. The van der Waals surface area contributed by atoms with E-state index in [1.807, 2.05) is 6.08 Å². The predicted molar refractivity (Wildman–Crippen MR) is 76.5 cm³/mol. The smallest absolute Gasteiger partial charge is 0.310 e. The third kappa shape index (κ3) is 3.02. The van der Waals surface area contributed by atoms with E-state index in [1.165, 1.54) is 18.5 Å². The molecule has 1 aliphatic heterocycles. The van der Waals surface area contributed by atoms with E-state index in [-0.39, 0.29) is 18.0 Å². The maximum absolute atomic E-state index is 11.7. The maximum Gasteiger partial charge on any atom is 0.310 e. The van der Waals surface area contributed by atoms with Crippen molar-refractivity contribution in [2.24, 2.45) is 11.8 Å². The largest absolute Gasteiger partial charge is 0.462 e. The molecule has 0 amide bonds. The minimum atomic E-state index is 0.0145. The zero-order chi connectivity index (χ0) is 13.8. The number of hydrogen-bond donors (Lipinski definition) is 0. The zero-order valence-electron chi connectivity index (χ0n) is 12.1. The second kappa shape index (κ2) is 6.27. The molecule has 19 heavy (non-hydrogen) atoms. The molecule has 2 rings (SSSR count). The van der Waals surface area contributed by atoms with Gasteiger partial charge in [0, 0.05) is 25.2 Å². The van der Waals surface area contributed by atoms with E-state index in [2.05, 4.69) is 31.5 Å². The number of unbranched alkanes of at least 4 members (excludes halogenated alkanes) is 2. The Hall–Kier alpha value is -1.25. The molecular weight excluding hydrogens is 238 g/mol. The van der Waals surface area contributed by atoms with Crippen LogP contribution in [0.15, 0.2) is 24.4 Å². The van der Waals surface area contributed by atoms with Crippen molar-refractivity contribution >= 4 is 5.97 Å². The summed E-state index contributed by atoms with van der Waals surface area (Å²) in [7, 11) is 2.14. The van der Waals surface area contributed by atoms with E-state index < -0.39 is 0 Å². The van der Waals surface area contributed by atoms with Crippen LogP contribution in [0.4, 0.5) is 0 Å². The zero-order valence-corrected chi connectivity index (χ0v) is 12.1. The lowest BCUT2D eigenvalue weighted by Crippen LogP contribution is -2.31. The van der Waals surface area contributed by atoms with Gasteiger partial charge in [-0.3, -0.25) is 4.79 Å². The van der Waals surface area contributed by atoms with Gasteiger partial charge in [-0.2, -0.15) is 0 Å². The maximum atomic E-state index is 11.7. The molecule has 3 unspecified atom stereocenters. The molecule has 0 N–H and O–H groups in total. The molecule has 1 aliphatic carbocycles. The quantitative estimate of drug-likeness (QED) is 0.401. The average molecular weight is 263 g/mol. The van der Waals surface area contributed by atoms with Crippen LogP contribution in [-0.2, 0) is 9.53 Å². The fraction of sp³-hybridized carbons (Fsp3) is 0.688. The highest BCUT2D eigenvalue weighted by Gasteiger charge is 2.49. The molecule has 0 spiro atoms. The van der Waals surface area contributed by atoms with E-state index in [4.69, 9.17) is 4.74 Å². The summed E-state index contributed by atoms with van der Waals surface area (Å²) in [4.78, 5) is 14.0. The van der Waals surface area contributed by atoms with Crippen LogP contribution in [0, 0.1) is 11.8 Å². The molecule has 2 bridgehead atoms. The average Bonchev–Trinajstić information content (AvgIpc) is 2.94. The van der Waals surface area contributed by atoms with Gasteiger partial charge < -0.3 is 9.64 Å². The summed E-state index contributed by atoms with van der Waals surface area (Å²) in [5.41, 5.74) is 1.32. The Bertz CT molecular complexity index is 375. The summed E-state index contributed by atoms with van der Waals surface area (Å²) in [5, 5.41) is 0. The number of nitrogens with zero attached hydrogens (tertiary/aromatic N) is 1. The van der Waals surface area contributed by atoms with Gasteiger partial charge in [-0.05, 0) is 39.0 Å². The van der Waals surface area contributed by atoms with Crippen LogP contribution in [0.1, 0.15) is 39.0 Å². The summed E-state index contributed by atoms with van der Waals surface area (Å²) in [5.74, 6) is 0.494. The van der Waals surface area contributed by atoms with Crippen molar-refractivity contribution in [1.82, 2.24) is 4.90 Å². The molecule has 2 fully saturated rings. The number of rotatable bonds is 7. The fourth-order valence-corrected chi connectivity index (χ4v) is 3.41. The standard InChI is InChI=1S/C16H25NO2/c1-4-6-7-8-9-17(3)15(5-2)13-10-12-11-14(13)16(18)19-12/h4-5,12-14H,1,6-11H2,2-3H3. The fourth-order valence-electron chi connectivity index (χ4n) is 3.41. The van der Waals surface area contributed by atoms with Crippen LogP contribution in [0.5, 0.6) is 0 Å². The number of hydrogen-bond acceptors (Lipinski definition) is 3. The second-order valence-electron chi connectivity index (χ2n) is 5.66. The molecule has 0 aromatic rings. The van der Waals surface area contributed by atoms with Gasteiger partial charge in [-0.15, -0.1) is 6.58 Å². The lowest BCUT2D eigenvalue weighted by atomic mass is 9.91. The number of ether oxygens (including phenoxy) is 1. The van der Waals surface area contributed by atoms with Gasteiger partial charge in [0.2, 0.25) is 0 Å². The van der Waals surface area contributed by atoms with Gasteiger partial charge in [-0.25, -0.2) is 0 Å². The summed E-state index contributed by atoms with van der Waals surface area (Å²) >= 11 is 0. The van der Waals surface area contributed by atoms with Gasteiger partial charge in [0.25, 0.3) is 0 Å². The van der Waals surface area contributed by atoms with Crippen molar-refractivity contribution in [2.75, 3.05) is 13.6 Å². The number of carbonyl (C=O) groups excluding carboxylic acids is 1. The van der Waals surface area contributed by atoms with Crippen molar-refractivity contribution in [3.8, 4) is 0 Å². The Morgan fingerprint density at radius 2 is 2.26 bits per heavy atom. The van der Waals surface area contributed by atoms with E-state index in [1.54, 1.807) is 0 Å². The van der Waals surface area contributed by atoms with E-state index in [9.17, 15) is 4.79 Å². The topological polar surface area (TPSA) is 29.5 Å². The Morgan fingerprint density at radius 3 is 2.84 bits per heavy atom. The number of fused-ring (bicyclic) bond motifs is 2. The van der Waals surface area contributed by atoms with Crippen LogP contribution in [0.3, 0.4) is 0 Å². The molecule has 1 heterocycles. The number of carbonyl (C=O) groups is 1. The Morgan fingerprint density at radius 1 is 1.47 bits per heavy atom. The first kappa shape index (κ1) is 14.2. The lowest BCUT2D eigenvalue weighted by Gasteiger charge is -2.31. The minimum Gasteiger partial charge on any atom is -0.462 e. The van der Waals surface area contributed by atoms with Crippen LogP contribution in [-0.4, -0.2) is 30.6 Å². The number of allylic oxidation sites excluding steroid dienone is 3. The summed E-state index contributed by atoms with van der Waals surface area (Å²) in [6.07, 6.45) is 9.69. The van der Waals surface area contributed by atoms with Crippen molar-refractivity contribution < 1.29 is 9.53 Å². The van der Waals surface area contributed by atoms with Crippen LogP contribution in [0.2, 0.25) is 0 Å². The molecule has 0 aromatic heterocycles. The van der Waals surface area contributed by atoms with Crippen molar-refractivity contribution in [1.29, 1.82) is 0 Å². The Kier molecular flexibility index (Phi) is 4.67. The van der Waals surface area contributed by atoms with Gasteiger partial charge in [-0.1, -0.05) is 12.2 Å². The SMILES string of the molecule is C=CCCCCN(C)C(=CC)C1CC2CC1C(=O)O2. The third-order valence-corrected chi connectivity index (χ3v) is 4.37. The Labute approximate surface area is 116 Å². The predicted octanol–water partition coefficient (Wildman–Crippen LogP) is 3.13. The highest BCUT2D eigenvalue weighted by molar-refractivity contribution is 5.76. The van der Waals surface area contributed by atoms with E-state index in [0.717, 1.165) is 25.8 Å². The Balaban J connectivity index is 1.89. The van der Waals surface area contributed by atoms with Gasteiger partial charge in [0.15, 0.2) is 0 Å². The molecule has 2 aliphatic rings.